The summed E-state index contributed by atoms with van der Waals surface area (Å²) >= 11 is 0. The van der Waals surface area contributed by atoms with Crippen molar-refractivity contribution in [2.24, 2.45) is 0 Å². The molecule has 2 rings (SSSR count). The van der Waals surface area contributed by atoms with Gasteiger partial charge in [0.25, 0.3) is 0 Å². The molecule has 1 aliphatic rings. The summed E-state index contributed by atoms with van der Waals surface area (Å²) in [4.78, 5) is 13.8. The van der Waals surface area contributed by atoms with Crippen molar-refractivity contribution in [2.45, 2.75) is 37.4 Å². The van der Waals surface area contributed by atoms with Crippen molar-refractivity contribution in [2.75, 3.05) is 20.1 Å². The second-order valence-corrected chi connectivity index (χ2v) is 5.69. The van der Waals surface area contributed by atoms with Gasteiger partial charge in [-0.25, -0.2) is 0 Å². The quantitative estimate of drug-likeness (QED) is 0.927. The molecule has 22 heavy (non-hydrogen) atoms. The summed E-state index contributed by atoms with van der Waals surface area (Å²) in [6.07, 6.45) is -3.39. The van der Waals surface area contributed by atoms with E-state index >= 15 is 0 Å². The predicted molar refractivity (Wildman–Crippen MR) is 78.5 cm³/mol. The van der Waals surface area contributed by atoms with Crippen LogP contribution in [0.25, 0.3) is 0 Å². The molecule has 1 aliphatic heterocycles. The Bertz CT molecular complexity index is 484. The van der Waals surface area contributed by atoms with Gasteiger partial charge < -0.3 is 10.2 Å². The molecule has 1 aromatic carbocycles. The van der Waals surface area contributed by atoms with Crippen LogP contribution >= 0.6 is 0 Å². The molecule has 1 aromatic rings. The molecule has 0 aliphatic carbocycles. The maximum Gasteiger partial charge on any atom is 0.396 e. The standard InChI is InChI=1S/C16H21F3N2O/c1-21(13-7-9-20-10-8-13)15(22)11-14(16(17,18)19)12-5-3-2-4-6-12/h2-6,13-14,20H,7-11H2,1H3. The minimum atomic E-state index is -4.42. The zero-order valence-corrected chi connectivity index (χ0v) is 12.6. The third-order valence-corrected chi connectivity index (χ3v) is 4.23. The normalized spacial score (nSPS) is 18.0. The van der Waals surface area contributed by atoms with E-state index in [1.165, 1.54) is 17.0 Å². The number of alkyl halides is 3. The number of nitrogens with zero attached hydrogens (tertiary/aromatic N) is 1. The van der Waals surface area contributed by atoms with Gasteiger partial charge in [-0.05, 0) is 31.5 Å². The second kappa shape index (κ2) is 7.13. The Labute approximate surface area is 128 Å². The lowest BCUT2D eigenvalue weighted by molar-refractivity contribution is -0.161. The monoisotopic (exact) mass is 314 g/mol. The van der Waals surface area contributed by atoms with Gasteiger partial charge in [-0.15, -0.1) is 0 Å². The summed E-state index contributed by atoms with van der Waals surface area (Å²) in [5.41, 5.74) is 0.141. The van der Waals surface area contributed by atoms with Gasteiger partial charge >= 0.3 is 6.18 Å². The van der Waals surface area contributed by atoms with Crippen LogP contribution in [0.5, 0.6) is 0 Å². The fourth-order valence-electron chi connectivity index (χ4n) is 2.82. The maximum absolute atomic E-state index is 13.3. The lowest BCUT2D eigenvalue weighted by Gasteiger charge is -2.33. The molecular weight excluding hydrogens is 293 g/mol. The minimum absolute atomic E-state index is 0.0263. The van der Waals surface area contributed by atoms with Crippen molar-refractivity contribution >= 4 is 5.91 Å². The Balaban J connectivity index is 2.08. The summed E-state index contributed by atoms with van der Waals surface area (Å²) in [6, 6.07) is 7.68. The van der Waals surface area contributed by atoms with E-state index in [1.54, 1.807) is 25.2 Å². The van der Waals surface area contributed by atoms with Crippen molar-refractivity contribution in [3.05, 3.63) is 35.9 Å². The first-order chi connectivity index (χ1) is 10.4. The first-order valence-electron chi connectivity index (χ1n) is 7.47. The number of nitrogens with one attached hydrogen (secondary N) is 1. The lowest BCUT2D eigenvalue weighted by Crippen LogP contribution is -2.44. The zero-order chi connectivity index (χ0) is 16.2. The van der Waals surface area contributed by atoms with Crippen LogP contribution < -0.4 is 5.32 Å². The number of carbonyl (C=O) groups is 1. The van der Waals surface area contributed by atoms with Gasteiger partial charge in [-0.2, -0.15) is 13.2 Å². The molecule has 122 valence electrons. The van der Waals surface area contributed by atoms with Gasteiger partial charge in [-0.3, -0.25) is 4.79 Å². The van der Waals surface area contributed by atoms with E-state index in [2.05, 4.69) is 5.32 Å². The highest BCUT2D eigenvalue weighted by molar-refractivity contribution is 5.77. The van der Waals surface area contributed by atoms with Crippen LogP contribution in [0.15, 0.2) is 30.3 Å². The molecule has 1 saturated heterocycles. The van der Waals surface area contributed by atoms with Crippen LogP contribution in [0, 0.1) is 0 Å². The number of hydrogen-bond donors (Lipinski definition) is 1. The summed E-state index contributed by atoms with van der Waals surface area (Å²) in [7, 11) is 1.61. The third kappa shape index (κ3) is 4.22. The molecule has 0 radical (unpaired) electrons. The van der Waals surface area contributed by atoms with Gasteiger partial charge in [0.1, 0.15) is 0 Å². The van der Waals surface area contributed by atoms with E-state index in [0.717, 1.165) is 25.9 Å². The van der Waals surface area contributed by atoms with Crippen molar-refractivity contribution in [3.8, 4) is 0 Å². The Morgan fingerprint density at radius 3 is 2.41 bits per heavy atom. The summed E-state index contributed by atoms with van der Waals surface area (Å²) in [6.45, 7) is 1.59. The Morgan fingerprint density at radius 2 is 1.86 bits per heavy atom. The smallest absolute Gasteiger partial charge is 0.343 e. The fraction of sp³-hybridized carbons (Fsp3) is 0.562. The predicted octanol–water partition coefficient (Wildman–Crippen LogP) is 2.93. The molecule has 0 saturated carbocycles. The van der Waals surface area contributed by atoms with Crippen molar-refractivity contribution in [1.29, 1.82) is 0 Å². The van der Waals surface area contributed by atoms with E-state index in [-0.39, 0.29) is 11.6 Å². The molecular formula is C16H21F3N2O. The number of piperidine rings is 1. The molecule has 1 atom stereocenters. The second-order valence-electron chi connectivity index (χ2n) is 5.69. The van der Waals surface area contributed by atoms with Gasteiger partial charge in [0.05, 0.1) is 5.92 Å². The molecule has 0 spiro atoms. The fourth-order valence-corrected chi connectivity index (χ4v) is 2.82. The number of amides is 1. The summed E-state index contributed by atoms with van der Waals surface area (Å²) < 4.78 is 39.9. The highest BCUT2D eigenvalue weighted by atomic mass is 19.4. The Morgan fingerprint density at radius 1 is 1.27 bits per heavy atom. The van der Waals surface area contributed by atoms with Crippen LogP contribution in [-0.2, 0) is 4.79 Å². The van der Waals surface area contributed by atoms with Crippen LogP contribution in [0.4, 0.5) is 13.2 Å². The SMILES string of the molecule is CN(C(=O)CC(c1ccccc1)C(F)(F)F)C1CCNCC1. The van der Waals surface area contributed by atoms with Crippen LogP contribution in [-0.4, -0.2) is 43.2 Å². The minimum Gasteiger partial charge on any atom is -0.343 e. The number of carbonyl (C=O) groups excluding carboxylic acids is 1. The van der Waals surface area contributed by atoms with Gasteiger partial charge in [0.15, 0.2) is 0 Å². The Kier molecular flexibility index (Phi) is 5.45. The molecule has 1 amide bonds. The summed E-state index contributed by atoms with van der Waals surface area (Å²) in [5, 5.41) is 3.18. The Hall–Kier alpha value is -1.56. The van der Waals surface area contributed by atoms with Crippen LogP contribution in [0.3, 0.4) is 0 Å². The molecule has 1 fully saturated rings. The van der Waals surface area contributed by atoms with E-state index in [0.29, 0.717) is 0 Å². The first kappa shape index (κ1) is 16.8. The van der Waals surface area contributed by atoms with Gasteiger partial charge in [-0.1, -0.05) is 30.3 Å². The first-order valence-corrected chi connectivity index (χ1v) is 7.47. The molecule has 3 nitrogen and oxygen atoms in total. The average molecular weight is 314 g/mol. The lowest BCUT2D eigenvalue weighted by atomic mass is 9.94. The molecule has 0 bridgehead atoms. The zero-order valence-electron chi connectivity index (χ0n) is 12.6. The highest BCUT2D eigenvalue weighted by Gasteiger charge is 2.42. The highest BCUT2D eigenvalue weighted by Crippen LogP contribution is 2.37. The number of hydrogen-bond acceptors (Lipinski definition) is 2. The molecule has 1 heterocycles. The molecule has 6 heteroatoms. The number of benzene rings is 1. The van der Waals surface area contributed by atoms with E-state index < -0.39 is 24.4 Å². The van der Waals surface area contributed by atoms with Crippen LogP contribution in [0.2, 0.25) is 0 Å². The van der Waals surface area contributed by atoms with E-state index in [9.17, 15) is 18.0 Å². The number of halogens is 3. The van der Waals surface area contributed by atoms with Gasteiger partial charge in [0.2, 0.25) is 5.91 Å². The summed E-state index contributed by atoms with van der Waals surface area (Å²) in [5.74, 6) is -2.19. The molecule has 1 N–H and O–H groups in total. The molecule has 1 unspecified atom stereocenters. The van der Waals surface area contributed by atoms with Crippen molar-refractivity contribution in [3.63, 3.8) is 0 Å². The maximum atomic E-state index is 13.3. The topological polar surface area (TPSA) is 32.3 Å². The number of rotatable bonds is 4. The third-order valence-electron chi connectivity index (χ3n) is 4.23. The van der Waals surface area contributed by atoms with Crippen molar-refractivity contribution in [1.82, 2.24) is 10.2 Å². The van der Waals surface area contributed by atoms with Gasteiger partial charge in [0, 0.05) is 19.5 Å². The molecule has 0 aromatic heterocycles. The van der Waals surface area contributed by atoms with Crippen LogP contribution in [0.1, 0.15) is 30.7 Å². The largest absolute Gasteiger partial charge is 0.396 e. The van der Waals surface area contributed by atoms with E-state index in [1.807, 2.05) is 0 Å². The average Bonchev–Trinajstić information content (AvgIpc) is 2.52. The van der Waals surface area contributed by atoms with Crippen molar-refractivity contribution < 1.29 is 18.0 Å². The van der Waals surface area contributed by atoms with E-state index in [4.69, 9.17) is 0 Å².